The molecule has 1 aromatic rings. The van der Waals surface area contributed by atoms with Crippen molar-refractivity contribution in [3.05, 3.63) is 34.3 Å². The lowest BCUT2D eigenvalue weighted by Crippen LogP contribution is -2.22. The molecule has 14 heavy (non-hydrogen) atoms. The summed E-state index contributed by atoms with van der Waals surface area (Å²) in [5, 5.41) is 4.15. The predicted molar refractivity (Wildman–Crippen MR) is 62.8 cm³/mol. The highest BCUT2D eigenvalue weighted by molar-refractivity contribution is 6.30. The van der Waals surface area contributed by atoms with Gasteiger partial charge in [0.25, 0.3) is 0 Å². The Balaban J connectivity index is 3.04. The minimum Gasteiger partial charge on any atom is -0.313 e. The van der Waals surface area contributed by atoms with Gasteiger partial charge in [0.2, 0.25) is 0 Å². The molecule has 0 heterocycles. The van der Waals surface area contributed by atoms with Gasteiger partial charge < -0.3 is 5.32 Å². The first kappa shape index (κ1) is 11.5. The third-order valence-electron chi connectivity index (χ3n) is 2.54. The predicted octanol–water partition coefficient (Wildman–Crippen LogP) is 3.56. The zero-order valence-corrected chi connectivity index (χ0v) is 10.0. The summed E-state index contributed by atoms with van der Waals surface area (Å²) in [6, 6.07) is 6.49. The number of nitrogens with one attached hydrogen (secondary N) is 1. The van der Waals surface area contributed by atoms with Crippen molar-refractivity contribution in [2.45, 2.75) is 26.8 Å². The normalized spacial score (nSPS) is 13.3. The minimum atomic E-state index is 0.410. The molecule has 2 heteroatoms. The maximum Gasteiger partial charge on any atom is 0.0408 e. The summed E-state index contributed by atoms with van der Waals surface area (Å²) in [5.41, 5.74) is 2.59. The Morgan fingerprint density at radius 3 is 2.36 bits per heavy atom. The molecule has 1 nitrogen and oxygen atoms in total. The van der Waals surface area contributed by atoms with E-state index in [1.54, 1.807) is 0 Å². The Hall–Kier alpha value is -0.530. The quantitative estimate of drug-likeness (QED) is 0.806. The first-order valence-electron chi connectivity index (χ1n) is 4.99. The number of benzene rings is 1. The van der Waals surface area contributed by atoms with E-state index in [1.807, 2.05) is 19.2 Å². The van der Waals surface area contributed by atoms with E-state index in [1.165, 1.54) is 11.1 Å². The SMILES string of the molecule is CNC(c1ccc(Cl)cc1C)C(C)C. The maximum absolute atomic E-state index is 5.92. The van der Waals surface area contributed by atoms with E-state index in [0.29, 0.717) is 12.0 Å². The van der Waals surface area contributed by atoms with Gasteiger partial charge in [0.15, 0.2) is 0 Å². The Kier molecular flexibility index (Phi) is 3.97. The van der Waals surface area contributed by atoms with Crippen LogP contribution >= 0.6 is 11.6 Å². The summed E-state index contributed by atoms with van der Waals surface area (Å²) < 4.78 is 0. The molecule has 0 aromatic heterocycles. The van der Waals surface area contributed by atoms with Crippen LogP contribution < -0.4 is 5.32 Å². The van der Waals surface area contributed by atoms with E-state index in [2.05, 4.69) is 32.2 Å². The molecule has 1 unspecified atom stereocenters. The zero-order valence-electron chi connectivity index (χ0n) is 9.26. The van der Waals surface area contributed by atoms with Gasteiger partial charge in [-0.1, -0.05) is 31.5 Å². The van der Waals surface area contributed by atoms with Crippen molar-refractivity contribution in [3.8, 4) is 0 Å². The van der Waals surface area contributed by atoms with Crippen LogP contribution in [0, 0.1) is 12.8 Å². The van der Waals surface area contributed by atoms with Crippen LogP contribution in [0.25, 0.3) is 0 Å². The van der Waals surface area contributed by atoms with Crippen LogP contribution in [0.2, 0.25) is 5.02 Å². The summed E-state index contributed by atoms with van der Waals surface area (Å²) in [4.78, 5) is 0. The van der Waals surface area contributed by atoms with Gasteiger partial charge in [-0.3, -0.25) is 0 Å². The lowest BCUT2D eigenvalue weighted by Gasteiger charge is -2.22. The van der Waals surface area contributed by atoms with E-state index in [4.69, 9.17) is 11.6 Å². The largest absolute Gasteiger partial charge is 0.313 e. The summed E-state index contributed by atoms with van der Waals surface area (Å²) in [5.74, 6) is 0.583. The number of hydrogen-bond acceptors (Lipinski definition) is 1. The van der Waals surface area contributed by atoms with Crippen molar-refractivity contribution in [1.29, 1.82) is 0 Å². The smallest absolute Gasteiger partial charge is 0.0408 e. The van der Waals surface area contributed by atoms with Crippen LogP contribution in [0.5, 0.6) is 0 Å². The molecular weight excluding hydrogens is 194 g/mol. The molecule has 0 aliphatic carbocycles. The maximum atomic E-state index is 5.92. The van der Waals surface area contributed by atoms with Crippen molar-refractivity contribution < 1.29 is 0 Å². The molecule has 0 radical (unpaired) electrons. The monoisotopic (exact) mass is 211 g/mol. The number of rotatable bonds is 3. The van der Waals surface area contributed by atoms with Crippen LogP contribution in [0.3, 0.4) is 0 Å². The Morgan fingerprint density at radius 1 is 1.29 bits per heavy atom. The number of aryl methyl sites for hydroxylation is 1. The molecule has 0 amide bonds. The van der Waals surface area contributed by atoms with E-state index in [0.717, 1.165) is 5.02 Å². The Morgan fingerprint density at radius 2 is 1.93 bits per heavy atom. The number of hydrogen-bond donors (Lipinski definition) is 1. The summed E-state index contributed by atoms with van der Waals surface area (Å²) in [6.45, 7) is 6.54. The molecule has 0 aliphatic heterocycles. The third-order valence-corrected chi connectivity index (χ3v) is 2.78. The fourth-order valence-corrected chi connectivity index (χ4v) is 2.06. The molecule has 1 atom stereocenters. The molecule has 0 aliphatic rings. The van der Waals surface area contributed by atoms with E-state index in [9.17, 15) is 0 Å². The summed E-state index contributed by atoms with van der Waals surface area (Å²) in [6.07, 6.45) is 0. The van der Waals surface area contributed by atoms with Crippen LogP contribution in [-0.2, 0) is 0 Å². The second kappa shape index (κ2) is 4.81. The summed E-state index contributed by atoms with van der Waals surface area (Å²) in [7, 11) is 2.00. The molecule has 1 aromatic carbocycles. The van der Waals surface area contributed by atoms with Gasteiger partial charge in [-0.05, 0) is 43.1 Å². The standard InChI is InChI=1S/C12H18ClN/c1-8(2)12(14-4)11-6-5-10(13)7-9(11)3/h5-8,12,14H,1-4H3. The van der Waals surface area contributed by atoms with E-state index >= 15 is 0 Å². The average molecular weight is 212 g/mol. The molecule has 1 N–H and O–H groups in total. The van der Waals surface area contributed by atoms with Crippen LogP contribution in [0.4, 0.5) is 0 Å². The Bertz CT molecular complexity index is 307. The summed E-state index contributed by atoms with van der Waals surface area (Å²) >= 11 is 5.92. The molecule has 0 bridgehead atoms. The lowest BCUT2D eigenvalue weighted by atomic mass is 9.93. The molecular formula is C12H18ClN. The second-order valence-corrected chi connectivity index (χ2v) is 4.45. The average Bonchev–Trinajstić information content (AvgIpc) is 2.09. The van der Waals surface area contributed by atoms with Crippen molar-refractivity contribution in [1.82, 2.24) is 5.32 Å². The highest BCUT2D eigenvalue weighted by atomic mass is 35.5. The van der Waals surface area contributed by atoms with Crippen molar-refractivity contribution in [2.24, 2.45) is 5.92 Å². The van der Waals surface area contributed by atoms with Crippen LogP contribution in [0.15, 0.2) is 18.2 Å². The van der Waals surface area contributed by atoms with Crippen molar-refractivity contribution >= 4 is 11.6 Å². The highest BCUT2D eigenvalue weighted by Gasteiger charge is 2.15. The van der Waals surface area contributed by atoms with Gasteiger partial charge in [0.1, 0.15) is 0 Å². The molecule has 0 spiro atoms. The first-order valence-corrected chi connectivity index (χ1v) is 5.37. The molecule has 0 fully saturated rings. The molecule has 0 saturated carbocycles. The Labute approximate surface area is 91.5 Å². The van der Waals surface area contributed by atoms with Crippen LogP contribution in [0.1, 0.15) is 31.0 Å². The van der Waals surface area contributed by atoms with Gasteiger partial charge in [-0.2, -0.15) is 0 Å². The van der Waals surface area contributed by atoms with Gasteiger partial charge >= 0.3 is 0 Å². The highest BCUT2D eigenvalue weighted by Crippen LogP contribution is 2.26. The minimum absolute atomic E-state index is 0.410. The fourth-order valence-electron chi connectivity index (χ4n) is 1.84. The number of halogens is 1. The molecule has 78 valence electrons. The van der Waals surface area contributed by atoms with Gasteiger partial charge in [0.05, 0.1) is 0 Å². The van der Waals surface area contributed by atoms with E-state index in [-0.39, 0.29) is 0 Å². The van der Waals surface area contributed by atoms with Gasteiger partial charge in [-0.25, -0.2) is 0 Å². The topological polar surface area (TPSA) is 12.0 Å². The molecule has 1 rings (SSSR count). The fraction of sp³-hybridized carbons (Fsp3) is 0.500. The van der Waals surface area contributed by atoms with Crippen molar-refractivity contribution in [3.63, 3.8) is 0 Å². The van der Waals surface area contributed by atoms with Crippen LogP contribution in [-0.4, -0.2) is 7.05 Å². The first-order chi connectivity index (χ1) is 6.56. The zero-order chi connectivity index (χ0) is 10.7. The third kappa shape index (κ3) is 2.49. The lowest BCUT2D eigenvalue weighted by molar-refractivity contribution is 0.441. The van der Waals surface area contributed by atoms with Gasteiger partial charge in [0, 0.05) is 11.1 Å². The van der Waals surface area contributed by atoms with Gasteiger partial charge in [-0.15, -0.1) is 0 Å². The second-order valence-electron chi connectivity index (χ2n) is 4.01. The van der Waals surface area contributed by atoms with Crippen molar-refractivity contribution in [2.75, 3.05) is 7.05 Å². The van der Waals surface area contributed by atoms with E-state index < -0.39 is 0 Å². The molecule has 0 saturated heterocycles.